The van der Waals surface area contributed by atoms with Gasteiger partial charge >= 0.3 is 0 Å². The van der Waals surface area contributed by atoms with Crippen molar-refractivity contribution in [1.82, 2.24) is 13.7 Å². The number of pyridine rings is 1. The Morgan fingerprint density at radius 3 is 2.95 bits per heavy atom. The third kappa shape index (κ3) is 2.29. The number of hydrogen-bond acceptors (Lipinski definition) is 5. The molecule has 1 fully saturated rings. The first-order valence-corrected chi connectivity index (χ1v) is 8.35. The smallest absolute Gasteiger partial charge is 0.263 e. The molecule has 3 rings (SSSR count). The molecule has 2 aromatic rings. The lowest BCUT2D eigenvalue weighted by molar-refractivity contribution is 0.155. The standard InChI is InChI=1S/C13H18N4O3S/c14-12-13(16-7-3-2-6-11(16)15-12)21(19,20)17-8-4-1-5-10(17)9-18/h2-3,6-7,10,18H,1,4-5,8-9,14H2. The molecule has 21 heavy (non-hydrogen) atoms. The van der Waals surface area contributed by atoms with Crippen molar-refractivity contribution in [3.63, 3.8) is 0 Å². The summed E-state index contributed by atoms with van der Waals surface area (Å²) in [6.45, 7) is 0.211. The monoisotopic (exact) mass is 310 g/mol. The van der Waals surface area contributed by atoms with Crippen LogP contribution < -0.4 is 5.73 Å². The van der Waals surface area contributed by atoms with Crippen LogP contribution in [-0.4, -0.2) is 46.4 Å². The van der Waals surface area contributed by atoms with Gasteiger partial charge in [0.25, 0.3) is 10.0 Å². The van der Waals surface area contributed by atoms with E-state index >= 15 is 0 Å². The second-order valence-corrected chi connectivity index (χ2v) is 6.98. The van der Waals surface area contributed by atoms with Crippen LogP contribution in [0.15, 0.2) is 29.4 Å². The number of aliphatic hydroxyl groups is 1. The number of sulfonamides is 1. The van der Waals surface area contributed by atoms with Crippen molar-refractivity contribution in [2.45, 2.75) is 30.3 Å². The van der Waals surface area contributed by atoms with E-state index in [4.69, 9.17) is 5.73 Å². The van der Waals surface area contributed by atoms with Gasteiger partial charge in [-0.25, -0.2) is 13.4 Å². The molecular weight excluding hydrogens is 292 g/mol. The van der Waals surface area contributed by atoms with E-state index in [1.807, 2.05) is 0 Å². The highest BCUT2D eigenvalue weighted by atomic mass is 32.2. The van der Waals surface area contributed by atoms with E-state index in [-0.39, 0.29) is 17.5 Å². The summed E-state index contributed by atoms with van der Waals surface area (Å²) in [7, 11) is -3.79. The Morgan fingerprint density at radius 2 is 2.19 bits per heavy atom. The summed E-state index contributed by atoms with van der Waals surface area (Å²) < 4.78 is 28.7. The van der Waals surface area contributed by atoms with Crippen LogP contribution in [0, 0.1) is 0 Å². The summed E-state index contributed by atoms with van der Waals surface area (Å²) in [6.07, 6.45) is 3.99. The second kappa shape index (κ2) is 5.28. The maximum atomic E-state index is 12.9. The molecule has 2 aromatic heterocycles. The second-order valence-electron chi connectivity index (χ2n) is 5.18. The molecule has 0 radical (unpaired) electrons. The van der Waals surface area contributed by atoms with Gasteiger partial charge in [-0.05, 0) is 25.0 Å². The number of fused-ring (bicyclic) bond motifs is 1. The third-order valence-corrected chi connectivity index (χ3v) is 5.84. The molecule has 8 heteroatoms. The first-order valence-electron chi connectivity index (χ1n) is 6.91. The molecule has 1 saturated heterocycles. The van der Waals surface area contributed by atoms with Crippen molar-refractivity contribution in [3.05, 3.63) is 24.4 Å². The van der Waals surface area contributed by atoms with Crippen LogP contribution in [0.5, 0.6) is 0 Å². The summed E-state index contributed by atoms with van der Waals surface area (Å²) in [5, 5.41) is 9.43. The van der Waals surface area contributed by atoms with Crippen LogP contribution in [0.4, 0.5) is 5.82 Å². The summed E-state index contributed by atoms with van der Waals surface area (Å²) in [5.74, 6) is -0.0107. The molecule has 0 aliphatic carbocycles. The minimum absolute atomic E-state index is 0.0107. The quantitative estimate of drug-likeness (QED) is 0.857. The average molecular weight is 310 g/mol. The number of imidazole rings is 1. The van der Waals surface area contributed by atoms with E-state index in [0.29, 0.717) is 18.6 Å². The maximum Gasteiger partial charge on any atom is 0.263 e. The molecule has 0 bridgehead atoms. The molecule has 0 amide bonds. The first-order chi connectivity index (χ1) is 10.1. The minimum atomic E-state index is -3.79. The number of nitrogen functional groups attached to an aromatic ring is 1. The van der Waals surface area contributed by atoms with Gasteiger partial charge < -0.3 is 10.8 Å². The fourth-order valence-corrected chi connectivity index (χ4v) is 4.70. The molecular formula is C13H18N4O3S. The van der Waals surface area contributed by atoms with Crippen LogP contribution >= 0.6 is 0 Å². The van der Waals surface area contributed by atoms with Crippen molar-refractivity contribution in [1.29, 1.82) is 0 Å². The van der Waals surface area contributed by atoms with Crippen LogP contribution in [0.25, 0.3) is 5.65 Å². The number of rotatable bonds is 3. The van der Waals surface area contributed by atoms with Crippen molar-refractivity contribution >= 4 is 21.5 Å². The zero-order valence-corrected chi connectivity index (χ0v) is 12.3. The van der Waals surface area contributed by atoms with Gasteiger partial charge in [0.1, 0.15) is 5.65 Å². The molecule has 0 spiro atoms. The molecule has 3 heterocycles. The number of nitrogens with zero attached hydrogens (tertiary/aromatic N) is 3. The Kier molecular flexibility index (Phi) is 3.60. The summed E-state index contributed by atoms with van der Waals surface area (Å²) in [6, 6.07) is 4.81. The van der Waals surface area contributed by atoms with Gasteiger partial charge in [0.15, 0.2) is 10.8 Å². The van der Waals surface area contributed by atoms with Crippen LogP contribution in [0.3, 0.4) is 0 Å². The molecule has 1 atom stereocenters. The zero-order valence-electron chi connectivity index (χ0n) is 11.5. The van der Waals surface area contributed by atoms with Gasteiger partial charge in [-0.15, -0.1) is 0 Å². The van der Waals surface area contributed by atoms with E-state index in [2.05, 4.69) is 4.98 Å². The van der Waals surface area contributed by atoms with Gasteiger partial charge in [0.05, 0.1) is 6.61 Å². The van der Waals surface area contributed by atoms with Crippen molar-refractivity contribution < 1.29 is 13.5 Å². The number of nitrogens with two attached hydrogens (primary N) is 1. The predicted molar refractivity (Wildman–Crippen MR) is 78.2 cm³/mol. The molecule has 0 aromatic carbocycles. The van der Waals surface area contributed by atoms with Crippen molar-refractivity contribution in [2.75, 3.05) is 18.9 Å². The summed E-state index contributed by atoms with van der Waals surface area (Å²) in [5.41, 5.74) is 6.32. The van der Waals surface area contributed by atoms with Crippen LogP contribution in [-0.2, 0) is 10.0 Å². The number of hydrogen-bond donors (Lipinski definition) is 2. The summed E-state index contributed by atoms with van der Waals surface area (Å²) in [4.78, 5) is 4.10. The Labute approximate surface area is 123 Å². The van der Waals surface area contributed by atoms with E-state index in [0.717, 1.165) is 12.8 Å². The van der Waals surface area contributed by atoms with Gasteiger partial charge in [-0.3, -0.25) is 4.40 Å². The van der Waals surface area contributed by atoms with Crippen LogP contribution in [0.2, 0.25) is 0 Å². The largest absolute Gasteiger partial charge is 0.395 e. The Hall–Kier alpha value is -1.64. The number of piperidine rings is 1. The fraction of sp³-hybridized carbons (Fsp3) is 0.462. The first kappa shape index (κ1) is 14.3. The fourth-order valence-electron chi connectivity index (χ4n) is 2.83. The summed E-state index contributed by atoms with van der Waals surface area (Å²) >= 11 is 0. The SMILES string of the molecule is Nc1nc2ccccn2c1S(=O)(=O)N1CCCCC1CO. The lowest BCUT2D eigenvalue weighted by Crippen LogP contribution is -2.46. The van der Waals surface area contributed by atoms with E-state index in [9.17, 15) is 13.5 Å². The third-order valence-electron chi connectivity index (χ3n) is 3.85. The number of anilines is 1. The van der Waals surface area contributed by atoms with Gasteiger partial charge in [-0.2, -0.15) is 4.31 Å². The molecule has 7 nitrogen and oxygen atoms in total. The average Bonchev–Trinajstić information content (AvgIpc) is 2.83. The highest BCUT2D eigenvalue weighted by molar-refractivity contribution is 7.89. The molecule has 3 N–H and O–H groups in total. The molecule has 114 valence electrons. The van der Waals surface area contributed by atoms with Gasteiger partial charge in [0, 0.05) is 18.8 Å². The van der Waals surface area contributed by atoms with E-state index in [1.54, 1.807) is 24.4 Å². The molecule has 0 saturated carbocycles. The Morgan fingerprint density at radius 1 is 1.38 bits per heavy atom. The van der Waals surface area contributed by atoms with E-state index < -0.39 is 16.1 Å². The highest BCUT2D eigenvalue weighted by Gasteiger charge is 2.36. The van der Waals surface area contributed by atoms with E-state index in [1.165, 1.54) is 8.71 Å². The van der Waals surface area contributed by atoms with Crippen LogP contribution in [0.1, 0.15) is 19.3 Å². The molecule has 1 unspecified atom stereocenters. The Bertz CT molecular complexity index is 756. The van der Waals surface area contributed by atoms with Gasteiger partial charge in [0.2, 0.25) is 0 Å². The predicted octanol–water partition coefficient (Wildman–Crippen LogP) is 0.452. The van der Waals surface area contributed by atoms with Gasteiger partial charge in [-0.1, -0.05) is 12.5 Å². The molecule has 1 aliphatic rings. The zero-order chi connectivity index (χ0) is 15.0. The lowest BCUT2D eigenvalue weighted by Gasteiger charge is -2.33. The lowest BCUT2D eigenvalue weighted by atomic mass is 10.1. The highest BCUT2D eigenvalue weighted by Crippen LogP contribution is 2.28. The topological polar surface area (TPSA) is 101 Å². The van der Waals surface area contributed by atoms with Crippen molar-refractivity contribution in [3.8, 4) is 0 Å². The molecule has 1 aliphatic heterocycles. The van der Waals surface area contributed by atoms with Crippen molar-refractivity contribution in [2.24, 2.45) is 0 Å². The minimum Gasteiger partial charge on any atom is -0.395 e. The maximum absolute atomic E-state index is 12.9. The normalized spacial score (nSPS) is 20.9. The number of aromatic nitrogens is 2. The Balaban J connectivity index is 2.14. The number of aliphatic hydroxyl groups excluding tert-OH is 1.